The van der Waals surface area contributed by atoms with Gasteiger partial charge in [-0.25, -0.2) is 4.68 Å². The molecule has 24 heavy (non-hydrogen) atoms. The highest BCUT2D eigenvalue weighted by atomic mass is 79.9. The van der Waals surface area contributed by atoms with E-state index in [0.717, 1.165) is 28.7 Å². The lowest BCUT2D eigenvalue weighted by molar-refractivity contribution is 0.0941. The number of hydrogen-bond donors (Lipinski definition) is 2. The van der Waals surface area contributed by atoms with Gasteiger partial charge in [-0.2, -0.15) is 5.10 Å². The summed E-state index contributed by atoms with van der Waals surface area (Å²) in [4.78, 5) is 12.4. The molecule has 0 aliphatic heterocycles. The SMILES string of the molecule is CCC(N)(CC)CNC(=O)c1cnn(-c2cccc(Br)c2)c1C.Cl. The van der Waals surface area contributed by atoms with E-state index in [9.17, 15) is 4.79 Å². The van der Waals surface area contributed by atoms with E-state index in [-0.39, 0.29) is 23.9 Å². The van der Waals surface area contributed by atoms with Gasteiger partial charge in [-0.3, -0.25) is 4.79 Å². The number of halogens is 2. The zero-order chi connectivity index (χ0) is 17.0. The van der Waals surface area contributed by atoms with Crippen LogP contribution in [0.1, 0.15) is 42.7 Å². The maximum absolute atomic E-state index is 12.4. The minimum Gasteiger partial charge on any atom is -0.350 e. The first-order valence-electron chi connectivity index (χ1n) is 7.78. The normalized spacial score (nSPS) is 11.0. The highest BCUT2D eigenvalue weighted by molar-refractivity contribution is 9.10. The van der Waals surface area contributed by atoms with Crippen molar-refractivity contribution in [3.05, 3.63) is 46.2 Å². The highest BCUT2D eigenvalue weighted by Crippen LogP contribution is 2.18. The third-order valence-electron chi connectivity index (χ3n) is 4.32. The number of aromatic nitrogens is 2. The van der Waals surface area contributed by atoms with Crippen molar-refractivity contribution in [2.45, 2.75) is 39.2 Å². The Morgan fingerprint density at radius 1 is 1.38 bits per heavy atom. The fraction of sp³-hybridized carbons (Fsp3) is 0.412. The fourth-order valence-corrected chi connectivity index (χ4v) is 2.74. The molecule has 0 spiro atoms. The van der Waals surface area contributed by atoms with Gasteiger partial charge in [-0.15, -0.1) is 12.4 Å². The molecule has 0 aliphatic rings. The van der Waals surface area contributed by atoms with Gasteiger partial charge < -0.3 is 11.1 Å². The average molecular weight is 416 g/mol. The number of carbonyl (C=O) groups is 1. The van der Waals surface area contributed by atoms with Crippen molar-refractivity contribution in [2.75, 3.05) is 6.54 Å². The largest absolute Gasteiger partial charge is 0.350 e. The number of amides is 1. The van der Waals surface area contributed by atoms with Crippen LogP contribution in [0.25, 0.3) is 5.69 Å². The molecule has 1 aromatic carbocycles. The van der Waals surface area contributed by atoms with Gasteiger partial charge in [0.2, 0.25) is 0 Å². The Morgan fingerprint density at radius 2 is 2.04 bits per heavy atom. The quantitative estimate of drug-likeness (QED) is 0.757. The molecule has 0 saturated heterocycles. The molecule has 0 radical (unpaired) electrons. The summed E-state index contributed by atoms with van der Waals surface area (Å²) in [6.07, 6.45) is 3.24. The minimum absolute atomic E-state index is 0. The van der Waals surface area contributed by atoms with Crippen molar-refractivity contribution in [3.8, 4) is 5.69 Å². The van der Waals surface area contributed by atoms with Crippen LogP contribution >= 0.6 is 28.3 Å². The lowest BCUT2D eigenvalue weighted by Gasteiger charge is -2.26. The minimum atomic E-state index is -0.357. The van der Waals surface area contributed by atoms with E-state index in [1.165, 1.54) is 0 Å². The molecule has 0 fully saturated rings. The molecule has 0 aliphatic carbocycles. The van der Waals surface area contributed by atoms with Crippen LogP contribution in [0.15, 0.2) is 34.9 Å². The number of rotatable bonds is 6. The molecule has 2 aromatic rings. The maximum Gasteiger partial charge on any atom is 0.254 e. The van der Waals surface area contributed by atoms with E-state index >= 15 is 0 Å². The lowest BCUT2D eigenvalue weighted by Crippen LogP contribution is -2.49. The summed E-state index contributed by atoms with van der Waals surface area (Å²) in [5, 5.41) is 7.27. The van der Waals surface area contributed by atoms with Crippen molar-refractivity contribution in [2.24, 2.45) is 5.73 Å². The first-order valence-corrected chi connectivity index (χ1v) is 8.57. The van der Waals surface area contributed by atoms with Crippen molar-refractivity contribution < 1.29 is 4.79 Å². The third-order valence-corrected chi connectivity index (χ3v) is 4.81. The van der Waals surface area contributed by atoms with E-state index in [1.54, 1.807) is 10.9 Å². The molecule has 1 amide bonds. The van der Waals surface area contributed by atoms with Crippen molar-refractivity contribution in [1.29, 1.82) is 0 Å². The van der Waals surface area contributed by atoms with Gasteiger partial charge >= 0.3 is 0 Å². The van der Waals surface area contributed by atoms with Crippen LogP contribution in [0.2, 0.25) is 0 Å². The second-order valence-corrected chi connectivity index (χ2v) is 6.70. The van der Waals surface area contributed by atoms with Crippen molar-refractivity contribution >= 4 is 34.2 Å². The number of benzene rings is 1. The van der Waals surface area contributed by atoms with E-state index in [2.05, 4.69) is 26.3 Å². The summed E-state index contributed by atoms with van der Waals surface area (Å²) in [6.45, 7) is 6.41. The summed E-state index contributed by atoms with van der Waals surface area (Å²) in [7, 11) is 0. The Balaban J connectivity index is 0.00000288. The molecule has 132 valence electrons. The zero-order valence-electron chi connectivity index (χ0n) is 14.2. The van der Waals surface area contributed by atoms with Crippen LogP contribution in [0, 0.1) is 6.92 Å². The Hall–Kier alpha value is -1.37. The van der Waals surface area contributed by atoms with Gasteiger partial charge in [0.15, 0.2) is 0 Å². The molecule has 5 nitrogen and oxygen atoms in total. The standard InChI is InChI=1S/C17H23BrN4O.ClH/c1-4-17(19,5-2)11-20-16(23)15-10-21-22(12(15)3)14-8-6-7-13(18)9-14;/h6-10H,4-5,11,19H2,1-3H3,(H,20,23);1H. The predicted octanol–water partition coefficient (Wildman–Crippen LogP) is 3.61. The molecule has 0 saturated carbocycles. The molecule has 3 N–H and O–H groups in total. The summed E-state index contributed by atoms with van der Waals surface area (Å²) >= 11 is 3.45. The van der Waals surface area contributed by atoms with Crippen molar-refractivity contribution in [3.63, 3.8) is 0 Å². The first-order chi connectivity index (χ1) is 10.9. The predicted molar refractivity (Wildman–Crippen MR) is 103 cm³/mol. The monoisotopic (exact) mass is 414 g/mol. The van der Waals surface area contributed by atoms with Gasteiger partial charge in [0, 0.05) is 16.6 Å². The van der Waals surface area contributed by atoms with Gasteiger partial charge in [-0.1, -0.05) is 35.8 Å². The van der Waals surface area contributed by atoms with Gasteiger partial charge in [-0.05, 0) is 38.0 Å². The van der Waals surface area contributed by atoms with Crippen molar-refractivity contribution in [1.82, 2.24) is 15.1 Å². The molecule has 7 heteroatoms. The maximum atomic E-state index is 12.4. The van der Waals surface area contributed by atoms with E-state index in [0.29, 0.717) is 12.1 Å². The summed E-state index contributed by atoms with van der Waals surface area (Å²) in [5.74, 6) is -0.138. The second-order valence-electron chi connectivity index (χ2n) is 5.79. The number of nitrogens with two attached hydrogens (primary N) is 1. The molecule has 1 heterocycles. The number of hydrogen-bond acceptors (Lipinski definition) is 3. The topological polar surface area (TPSA) is 72.9 Å². The van der Waals surface area contributed by atoms with E-state index in [1.807, 2.05) is 45.0 Å². The Bertz CT molecular complexity index is 698. The van der Waals surface area contributed by atoms with E-state index in [4.69, 9.17) is 5.73 Å². The zero-order valence-corrected chi connectivity index (χ0v) is 16.6. The number of nitrogens with zero attached hydrogens (tertiary/aromatic N) is 2. The Kier molecular flexibility index (Phi) is 7.45. The Morgan fingerprint density at radius 3 is 2.62 bits per heavy atom. The summed E-state index contributed by atoms with van der Waals surface area (Å²) in [6, 6.07) is 7.80. The summed E-state index contributed by atoms with van der Waals surface area (Å²) in [5.41, 5.74) is 8.16. The molecular weight excluding hydrogens is 392 g/mol. The lowest BCUT2D eigenvalue weighted by atomic mass is 9.94. The smallest absolute Gasteiger partial charge is 0.254 e. The van der Waals surface area contributed by atoms with Crippen LogP contribution in [0.3, 0.4) is 0 Å². The molecular formula is C17H24BrClN4O. The van der Waals surface area contributed by atoms with Crippen LogP contribution in [-0.4, -0.2) is 27.8 Å². The number of nitrogens with one attached hydrogen (secondary N) is 1. The number of carbonyl (C=O) groups excluding carboxylic acids is 1. The van der Waals surface area contributed by atoms with Crippen LogP contribution in [-0.2, 0) is 0 Å². The van der Waals surface area contributed by atoms with Gasteiger partial charge in [0.1, 0.15) is 0 Å². The van der Waals surface area contributed by atoms with Crippen LogP contribution < -0.4 is 11.1 Å². The fourth-order valence-electron chi connectivity index (χ4n) is 2.35. The van der Waals surface area contributed by atoms with Gasteiger partial charge in [0.25, 0.3) is 5.91 Å². The van der Waals surface area contributed by atoms with E-state index < -0.39 is 0 Å². The van der Waals surface area contributed by atoms with Gasteiger partial charge in [0.05, 0.1) is 23.1 Å². The average Bonchev–Trinajstić information content (AvgIpc) is 2.94. The molecule has 0 atom stereocenters. The van der Waals surface area contributed by atoms with Crippen LogP contribution in [0.5, 0.6) is 0 Å². The molecule has 1 aromatic heterocycles. The first kappa shape index (κ1) is 20.7. The summed E-state index contributed by atoms with van der Waals surface area (Å²) < 4.78 is 2.73. The van der Waals surface area contributed by atoms with Crippen LogP contribution in [0.4, 0.5) is 0 Å². The highest BCUT2D eigenvalue weighted by Gasteiger charge is 2.22. The molecule has 0 unspecified atom stereocenters. The molecule has 0 bridgehead atoms. The third kappa shape index (κ3) is 4.59. The molecule has 2 rings (SSSR count). The second kappa shape index (κ2) is 8.65. The Labute approximate surface area is 157 Å².